The van der Waals surface area contributed by atoms with Gasteiger partial charge in [0.2, 0.25) is 0 Å². The number of piperidine rings is 1. The van der Waals surface area contributed by atoms with Crippen molar-refractivity contribution >= 4 is 5.96 Å². The lowest BCUT2D eigenvalue weighted by molar-refractivity contribution is 0.277. The van der Waals surface area contributed by atoms with Crippen molar-refractivity contribution in [1.29, 1.82) is 5.41 Å². The van der Waals surface area contributed by atoms with Crippen LogP contribution in [0.1, 0.15) is 19.3 Å². The molecule has 0 aromatic rings. The Labute approximate surface area is 68.1 Å². The quantitative estimate of drug-likeness (QED) is 0.341. The number of nitrogens with one attached hydrogen (secondary N) is 1. The van der Waals surface area contributed by atoms with Crippen molar-refractivity contribution in [2.45, 2.75) is 19.3 Å². The summed E-state index contributed by atoms with van der Waals surface area (Å²) >= 11 is 0. The molecule has 1 rings (SSSR count). The van der Waals surface area contributed by atoms with Crippen LogP contribution < -0.4 is 11.5 Å². The molecule has 1 fully saturated rings. The van der Waals surface area contributed by atoms with E-state index in [0.29, 0.717) is 0 Å². The first-order valence-corrected chi connectivity index (χ1v) is 3.91. The summed E-state index contributed by atoms with van der Waals surface area (Å²) in [5.41, 5.74) is 8.94. The van der Waals surface area contributed by atoms with Gasteiger partial charge in [-0.1, -0.05) is 6.42 Å². The number of nitrogens with zero attached hydrogens (tertiary/aromatic N) is 1. The smallest absolute Gasteiger partial charge is 0.183 e. The first-order chi connectivity index (χ1) is 5.13. The van der Waals surface area contributed by atoms with Gasteiger partial charge in [-0.3, -0.25) is 5.41 Å². The molecule has 1 heterocycles. The van der Waals surface area contributed by atoms with Crippen LogP contribution in [0.4, 0.5) is 0 Å². The highest BCUT2D eigenvalue weighted by Gasteiger charge is 2.02. The average molecular weight is 158 g/mol. The van der Waals surface area contributed by atoms with E-state index in [9.17, 15) is 0 Å². The number of hydrogen-bond donors (Lipinski definition) is 3. The van der Waals surface area contributed by atoms with Crippen molar-refractivity contribution in [2.75, 3.05) is 20.1 Å². The molecule has 5 N–H and O–H groups in total. The minimum atomic E-state index is -0.333. The van der Waals surface area contributed by atoms with Crippen molar-refractivity contribution in [1.82, 2.24) is 4.90 Å². The fourth-order valence-corrected chi connectivity index (χ4v) is 1.05. The predicted octanol–water partition coefficient (Wildman–Crippen LogP) is -0.0593. The molecule has 0 aromatic carbocycles. The maximum Gasteiger partial charge on any atom is 0.183 e. The van der Waals surface area contributed by atoms with E-state index >= 15 is 0 Å². The average Bonchev–Trinajstić information content (AvgIpc) is 1.87. The Hall–Kier alpha value is -0.770. The molecular weight excluding hydrogens is 140 g/mol. The number of likely N-dealkylation sites (tertiary alicyclic amines) is 1. The largest absolute Gasteiger partial charge is 0.370 e. The first-order valence-electron chi connectivity index (χ1n) is 3.91. The van der Waals surface area contributed by atoms with Gasteiger partial charge in [-0.25, -0.2) is 0 Å². The van der Waals surface area contributed by atoms with E-state index < -0.39 is 0 Å². The Morgan fingerprint density at radius 1 is 1.18 bits per heavy atom. The second-order valence-electron chi connectivity index (χ2n) is 2.82. The van der Waals surface area contributed by atoms with Gasteiger partial charge < -0.3 is 16.4 Å². The van der Waals surface area contributed by atoms with Gasteiger partial charge >= 0.3 is 0 Å². The van der Waals surface area contributed by atoms with Crippen molar-refractivity contribution in [2.24, 2.45) is 11.5 Å². The molecule has 0 amide bonds. The summed E-state index contributed by atoms with van der Waals surface area (Å²) < 4.78 is 0. The van der Waals surface area contributed by atoms with E-state index in [1.807, 2.05) is 0 Å². The number of rotatable bonds is 0. The van der Waals surface area contributed by atoms with Crippen LogP contribution in [0.5, 0.6) is 0 Å². The summed E-state index contributed by atoms with van der Waals surface area (Å²) in [6.45, 7) is 2.64. The summed E-state index contributed by atoms with van der Waals surface area (Å²) in [5.74, 6) is -0.333. The molecule has 0 spiro atoms. The molecule has 1 aliphatic rings. The molecular formula is C7H18N4. The minimum Gasteiger partial charge on any atom is -0.370 e. The molecule has 4 nitrogen and oxygen atoms in total. The van der Waals surface area contributed by atoms with E-state index in [-0.39, 0.29) is 5.96 Å². The topological polar surface area (TPSA) is 79.1 Å². The standard InChI is InChI=1S/C6H13N.CH5N3/c1-7-5-3-2-4-6-7;2-1(3)4/h2-6H2,1H3;(H5,2,3,4). The van der Waals surface area contributed by atoms with E-state index in [1.165, 1.54) is 32.4 Å². The second kappa shape index (κ2) is 5.97. The molecule has 4 heteroatoms. The van der Waals surface area contributed by atoms with Crippen LogP contribution in [0.15, 0.2) is 0 Å². The molecule has 0 radical (unpaired) electrons. The van der Waals surface area contributed by atoms with E-state index in [0.717, 1.165) is 0 Å². The number of nitrogens with two attached hydrogens (primary N) is 2. The van der Waals surface area contributed by atoms with Crippen LogP contribution in [0.2, 0.25) is 0 Å². The molecule has 0 aromatic heterocycles. The van der Waals surface area contributed by atoms with Crippen LogP contribution in [0.3, 0.4) is 0 Å². The second-order valence-corrected chi connectivity index (χ2v) is 2.82. The van der Waals surface area contributed by atoms with Crippen molar-refractivity contribution in [3.05, 3.63) is 0 Å². The highest BCUT2D eigenvalue weighted by atomic mass is 15.1. The van der Waals surface area contributed by atoms with Crippen molar-refractivity contribution < 1.29 is 0 Å². The van der Waals surface area contributed by atoms with Gasteiger partial charge in [0.1, 0.15) is 0 Å². The van der Waals surface area contributed by atoms with Gasteiger partial charge in [0.15, 0.2) is 5.96 Å². The fraction of sp³-hybridized carbons (Fsp3) is 0.857. The van der Waals surface area contributed by atoms with Gasteiger partial charge in [0.05, 0.1) is 0 Å². The molecule has 11 heavy (non-hydrogen) atoms. The van der Waals surface area contributed by atoms with Crippen LogP contribution in [0.25, 0.3) is 0 Å². The van der Waals surface area contributed by atoms with Crippen LogP contribution >= 0.6 is 0 Å². The first kappa shape index (κ1) is 10.2. The van der Waals surface area contributed by atoms with Gasteiger partial charge in [0, 0.05) is 0 Å². The lowest BCUT2D eigenvalue weighted by Crippen LogP contribution is -2.24. The predicted molar refractivity (Wildman–Crippen MR) is 47.4 cm³/mol. The number of hydrogen-bond acceptors (Lipinski definition) is 2. The molecule has 0 atom stereocenters. The summed E-state index contributed by atoms with van der Waals surface area (Å²) in [6, 6.07) is 0. The summed E-state index contributed by atoms with van der Waals surface area (Å²) in [7, 11) is 2.19. The lowest BCUT2D eigenvalue weighted by Gasteiger charge is -2.20. The van der Waals surface area contributed by atoms with Gasteiger partial charge in [-0.05, 0) is 33.0 Å². The highest BCUT2D eigenvalue weighted by molar-refractivity contribution is 5.71. The molecule has 0 bridgehead atoms. The van der Waals surface area contributed by atoms with Crippen molar-refractivity contribution in [3.63, 3.8) is 0 Å². The summed E-state index contributed by atoms with van der Waals surface area (Å²) in [4.78, 5) is 2.39. The molecule has 0 unspecified atom stereocenters. The lowest BCUT2D eigenvalue weighted by atomic mass is 10.1. The molecule has 1 aliphatic heterocycles. The van der Waals surface area contributed by atoms with Gasteiger partial charge in [-0.2, -0.15) is 0 Å². The molecule has 0 aliphatic carbocycles. The maximum absolute atomic E-state index is 6.06. The van der Waals surface area contributed by atoms with E-state index in [2.05, 4.69) is 23.4 Å². The third-order valence-corrected chi connectivity index (χ3v) is 1.58. The van der Waals surface area contributed by atoms with E-state index in [4.69, 9.17) is 5.41 Å². The Balaban J connectivity index is 0.000000218. The van der Waals surface area contributed by atoms with E-state index in [1.54, 1.807) is 0 Å². The summed E-state index contributed by atoms with van der Waals surface area (Å²) in [5, 5.41) is 6.06. The number of guanidine groups is 1. The normalized spacial score (nSPS) is 18.3. The zero-order chi connectivity index (χ0) is 8.69. The third kappa shape index (κ3) is 9.23. The SMILES string of the molecule is CN1CCCCC1.N=C(N)N. The third-order valence-electron chi connectivity index (χ3n) is 1.58. The van der Waals surface area contributed by atoms with Gasteiger partial charge in [-0.15, -0.1) is 0 Å². The van der Waals surface area contributed by atoms with Gasteiger partial charge in [0.25, 0.3) is 0 Å². The summed E-state index contributed by atoms with van der Waals surface area (Å²) in [6.07, 6.45) is 4.28. The monoisotopic (exact) mass is 158 g/mol. The van der Waals surface area contributed by atoms with Crippen LogP contribution in [0, 0.1) is 5.41 Å². The fourth-order valence-electron chi connectivity index (χ4n) is 1.05. The Morgan fingerprint density at radius 3 is 1.73 bits per heavy atom. The molecule has 1 saturated heterocycles. The van der Waals surface area contributed by atoms with Crippen molar-refractivity contribution in [3.8, 4) is 0 Å². The highest BCUT2D eigenvalue weighted by Crippen LogP contribution is 2.04. The Morgan fingerprint density at radius 2 is 1.55 bits per heavy atom. The molecule has 66 valence electrons. The van der Waals surface area contributed by atoms with Crippen LogP contribution in [-0.2, 0) is 0 Å². The maximum atomic E-state index is 6.06. The van der Waals surface area contributed by atoms with Crippen LogP contribution in [-0.4, -0.2) is 31.0 Å². The Bertz CT molecular complexity index is 103. The zero-order valence-electron chi connectivity index (χ0n) is 7.14. The minimum absolute atomic E-state index is 0.333. The molecule has 0 saturated carbocycles. The zero-order valence-corrected chi connectivity index (χ0v) is 7.14. The Kier molecular flexibility index (Phi) is 5.56.